The second-order valence-electron chi connectivity index (χ2n) is 8.06. The van der Waals surface area contributed by atoms with E-state index in [2.05, 4.69) is 38.5 Å². The highest BCUT2D eigenvalue weighted by Crippen LogP contribution is 2.35. The molecule has 3 atom stereocenters. The molecule has 2 aliphatic rings. The summed E-state index contributed by atoms with van der Waals surface area (Å²) in [7, 11) is 0. The standard InChI is InChI=1S/C22H27F3N8/c1-14-8-17(16(9-26)10-27)15(2)33(12-14)20-4-5-30-21(31-20)18(11-28-3)32-7-6-29-19(13-32)22(23,24)25/h4-6,9-11,13-15,17,26H,3,7-8,12,27H2,1-2H3/b16-10+,18-11-,26-9?. The summed E-state index contributed by atoms with van der Waals surface area (Å²) in [6, 6.07) is 1.77. The summed E-state index contributed by atoms with van der Waals surface area (Å²) in [5.74, 6) is 1.22. The number of anilines is 1. The van der Waals surface area contributed by atoms with E-state index >= 15 is 0 Å². The van der Waals surface area contributed by atoms with Gasteiger partial charge in [0.15, 0.2) is 11.5 Å². The van der Waals surface area contributed by atoms with Crippen molar-refractivity contribution in [3.8, 4) is 0 Å². The third-order valence-electron chi connectivity index (χ3n) is 5.79. The number of rotatable bonds is 6. The number of alkyl halides is 3. The van der Waals surface area contributed by atoms with Crippen LogP contribution >= 0.6 is 0 Å². The van der Waals surface area contributed by atoms with Crippen LogP contribution in [0.2, 0.25) is 0 Å². The van der Waals surface area contributed by atoms with Gasteiger partial charge >= 0.3 is 6.18 Å². The third-order valence-corrected chi connectivity index (χ3v) is 5.79. The van der Waals surface area contributed by atoms with Gasteiger partial charge in [-0.1, -0.05) is 6.92 Å². The first kappa shape index (κ1) is 24.1. The molecule has 0 bridgehead atoms. The average Bonchev–Trinajstić information content (AvgIpc) is 2.80. The highest BCUT2D eigenvalue weighted by Gasteiger charge is 2.36. The van der Waals surface area contributed by atoms with Crippen LogP contribution in [-0.4, -0.2) is 59.3 Å². The fourth-order valence-corrected chi connectivity index (χ4v) is 4.17. The van der Waals surface area contributed by atoms with Gasteiger partial charge in [0, 0.05) is 43.3 Å². The van der Waals surface area contributed by atoms with E-state index in [4.69, 9.17) is 11.1 Å². The van der Waals surface area contributed by atoms with Crippen LogP contribution in [0, 0.1) is 17.2 Å². The second kappa shape index (κ2) is 9.97. The molecule has 0 saturated carbocycles. The zero-order valence-corrected chi connectivity index (χ0v) is 18.5. The maximum Gasteiger partial charge on any atom is 0.434 e. The first-order chi connectivity index (χ1) is 15.7. The fourth-order valence-electron chi connectivity index (χ4n) is 4.17. The minimum atomic E-state index is -4.58. The van der Waals surface area contributed by atoms with Gasteiger partial charge in [-0.2, -0.15) is 13.2 Å². The number of piperidine rings is 1. The summed E-state index contributed by atoms with van der Waals surface area (Å²) in [6.07, 6.45) is 4.05. The van der Waals surface area contributed by atoms with Crippen LogP contribution in [0.5, 0.6) is 0 Å². The van der Waals surface area contributed by atoms with E-state index in [1.807, 2.05) is 6.92 Å². The largest absolute Gasteiger partial charge is 0.434 e. The Morgan fingerprint density at radius 2 is 2.12 bits per heavy atom. The van der Waals surface area contributed by atoms with Crippen molar-refractivity contribution in [2.24, 2.45) is 27.6 Å². The molecule has 3 rings (SSSR count). The first-order valence-electron chi connectivity index (χ1n) is 10.5. The molecule has 1 aromatic heterocycles. The molecule has 0 amide bonds. The van der Waals surface area contributed by atoms with Crippen molar-refractivity contribution in [2.75, 3.05) is 18.0 Å². The summed E-state index contributed by atoms with van der Waals surface area (Å²) in [5.41, 5.74) is 5.75. The molecule has 0 aliphatic carbocycles. The number of hydrogen-bond donors (Lipinski definition) is 2. The van der Waals surface area contributed by atoms with Gasteiger partial charge in [-0.3, -0.25) is 9.98 Å². The van der Waals surface area contributed by atoms with Gasteiger partial charge in [0.25, 0.3) is 0 Å². The van der Waals surface area contributed by atoms with Crippen LogP contribution in [0.4, 0.5) is 19.0 Å². The number of halogens is 3. The minimum absolute atomic E-state index is 0.00385. The van der Waals surface area contributed by atoms with Crippen molar-refractivity contribution < 1.29 is 13.2 Å². The zero-order chi connectivity index (χ0) is 24.2. The second-order valence-corrected chi connectivity index (χ2v) is 8.06. The van der Waals surface area contributed by atoms with Crippen molar-refractivity contribution in [3.63, 3.8) is 0 Å². The quantitative estimate of drug-likeness (QED) is 0.631. The summed E-state index contributed by atoms with van der Waals surface area (Å²) in [5, 5.41) is 7.69. The molecule has 0 radical (unpaired) electrons. The zero-order valence-electron chi connectivity index (χ0n) is 18.5. The van der Waals surface area contributed by atoms with Crippen LogP contribution in [0.3, 0.4) is 0 Å². The Balaban J connectivity index is 1.97. The lowest BCUT2D eigenvalue weighted by molar-refractivity contribution is -0.0934. The Hall–Kier alpha value is -3.50. The molecular formula is C22H27F3N8. The maximum atomic E-state index is 13.2. The van der Waals surface area contributed by atoms with Crippen molar-refractivity contribution >= 4 is 30.7 Å². The van der Waals surface area contributed by atoms with Gasteiger partial charge in [0.1, 0.15) is 11.5 Å². The van der Waals surface area contributed by atoms with Gasteiger partial charge in [0.2, 0.25) is 0 Å². The predicted molar refractivity (Wildman–Crippen MR) is 124 cm³/mol. The van der Waals surface area contributed by atoms with Gasteiger partial charge in [0.05, 0.1) is 12.7 Å². The van der Waals surface area contributed by atoms with Crippen LogP contribution in [0.25, 0.3) is 5.70 Å². The van der Waals surface area contributed by atoms with Crippen LogP contribution in [0.15, 0.2) is 52.1 Å². The molecule has 1 fully saturated rings. The lowest BCUT2D eigenvalue weighted by Gasteiger charge is -2.43. The molecule has 3 unspecified atom stereocenters. The van der Waals surface area contributed by atoms with E-state index in [1.165, 1.54) is 29.7 Å². The Kier molecular flexibility index (Phi) is 7.29. The molecular weight excluding hydrogens is 433 g/mol. The van der Waals surface area contributed by atoms with E-state index in [1.54, 1.807) is 12.3 Å². The van der Waals surface area contributed by atoms with Crippen LogP contribution < -0.4 is 10.6 Å². The summed E-state index contributed by atoms with van der Waals surface area (Å²) in [6.45, 7) is 8.45. The number of nitrogens with one attached hydrogen (secondary N) is 1. The molecule has 176 valence electrons. The Morgan fingerprint density at radius 3 is 2.76 bits per heavy atom. The number of hydrogen-bond acceptors (Lipinski definition) is 8. The smallest absolute Gasteiger partial charge is 0.404 e. The predicted octanol–water partition coefficient (Wildman–Crippen LogP) is 3.61. The third kappa shape index (κ3) is 5.29. The highest BCUT2D eigenvalue weighted by molar-refractivity contribution is 5.77. The van der Waals surface area contributed by atoms with E-state index in [-0.39, 0.29) is 30.0 Å². The van der Waals surface area contributed by atoms with Crippen molar-refractivity contribution in [3.05, 3.63) is 48.0 Å². The molecule has 3 N–H and O–H groups in total. The average molecular weight is 461 g/mol. The summed E-state index contributed by atoms with van der Waals surface area (Å²) in [4.78, 5) is 19.6. The van der Waals surface area contributed by atoms with Crippen LogP contribution in [-0.2, 0) is 0 Å². The number of nitrogens with zero attached hydrogens (tertiary/aromatic N) is 6. The van der Waals surface area contributed by atoms with Crippen molar-refractivity contribution in [2.45, 2.75) is 32.5 Å². The maximum absolute atomic E-state index is 13.2. The van der Waals surface area contributed by atoms with Gasteiger partial charge in [-0.05, 0) is 43.8 Å². The SMILES string of the molecule is C=N/C=C(/c1nccc(N2CC(C)CC(/C(C=N)=C/N)C2C)n1)N1C=C(C(F)(F)F)N=CC1. The Morgan fingerprint density at radius 1 is 1.36 bits per heavy atom. The molecule has 33 heavy (non-hydrogen) atoms. The highest BCUT2D eigenvalue weighted by atomic mass is 19.4. The number of allylic oxidation sites excluding steroid dienone is 1. The minimum Gasteiger partial charge on any atom is -0.404 e. The molecule has 1 saturated heterocycles. The molecule has 8 nitrogen and oxygen atoms in total. The lowest BCUT2D eigenvalue weighted by atomic mass is 9.80. The fraction of sp³-hybridized carbons (Fsp3) is 0.409. The summed E-state index contributed by atoms with van der Waals surface area (Å²) < 4.78 is 39.5. The lowest BCUT2D eigenvalue weighted by Crippen LogP contribution is -2.48. The van der Waals surface area contributed by atoms with Crippen molar-refractivity contribution in [1.29, 1.82) is 5.41 Å². The monoisotopic (exact) mass is 460 g/mol. The number of aliphatic imine (C=N–C) groups is 2. The normalized spacial score (nSPS) is 24.5. The molecule has 2 aliphatic heterocycles. The molecule has 1 aromatic rings. The van der Waals surface area contributed by atoms with Crippen LogP contribution in [0.1, 0.15) is 26.1 Å². The van der Waals surface area contributed by atoms with E-state index in [0.29, 0.717) is 11.7 Å². The topological polar surface area (TPSA) is 107 Å². The van der Waals surface area contributed by atoms with Gasteiger partial charge in [-0.25, -0.2) is 9.97 Å². The number of nitrogens with two attached hydrogens (primary N) is 1. The molecule has 0 aromatic carbocycles. The molecule has 0 spiro atoms. The number of aromatic nitrogens is 2. The Labute approximate surface area is 190 Å². The molecule has 3 heterocycles. The Bertz CT molecular complexity index is 1010. The van der Waals surface area contributed by atoms with E-state index < -0.39 is 11.9 Å². The molecule has 11 heteroatoms. The van der Waals surface area contributed by atoms with Crippen molar-refractivity contribution in [1.82, 2.24) is 14.9 Å². The van der Waals surface area contributed by atoms with Gasteiger partial charge in [-0.15, -0.1) is 0 Å². The first-order valence-corrected chi connectivity index (χ1v) is 10.5. The summed E-state index contributed by atoms with van der Waals surface area (Å²) >= 11 is 0. The van der Waals surface area contributed by atoms with E-state index in [9.17, 15) is 13.2 Å². The van der Waals surface area contributed by atoms with E-state index in [0.717, 1.165) is 24.7 Å². The van der Waals surface area contributed by atoms with Gasteiger partial charge < -0.3 is 20.9 Å².